The quantitative estimate of drug-likeness (QED) is 0.930. The van der Waals surface area contributed by atoms with Gasteiger partial charge in [-0.05, 0) is 49.3 Å². The minimum Gasteiger partial charge on any atom is -0.331 e. The number of likely N-dealkylation sites (tertiary alicyclic amines) is 1. The van der Waals surface area contributed by atoms with Crippen LogP contribution < -0.4 is 5.32 Å². The highest BCUT2D eigenvalue weighted by Crippen LogP contribution is 2.40. The van der Waals surface area contributed by atoms with Crippen LogP contribution in [0, 0.1) is 5.92 Å². The molecule has 1 saturated heterocycles. The molecule has 6 heteroatoms. The molecule has 0 spiro atoms. The molecular formula is C17H24N4O2. The summed E-state index contributed by atoms with van der Waals surface area (Å²) in [4.78, 5) is 31.9. The van der Waals surface area contributed by atoms with Gasteiger partial charge in [-0.1, -0.05) is 0 Å². The van der Waals surface area contributed by atoms with Gasteiger partial charge in [0.1, 0.15) is 5.82 Å². The first-order chi connectivity index (χ1) is 11.0. The molecule has 6 nitrogen and oxygen atoms in total. The van der Waals surface area contributed by atoms with Crippen molar-refractivity contribution >= 4 is 17.8 Å². The molecule has 23 heavy (non-hydrogen) atoms. The standard InChI is InChI=1S/C17H24N4O2/c1-20(2)17(23)21-9-6-13(7-10-21)16(22)19-15-11-14(5-8-18-15)12-3-4-12/h5,8,11-13H,3-4,6-7,9-10H2,1-2H3,(H,18,19,22). The first-order valence-electron chi connectivity index (χ1n) is 8.27. The van der Waals surface area contributed by atoms with Gasteiger partial charge >= 0.3 is 6.03 Å². The number of pyridine rings is 1. The summed E-state index contributed by atoms with van der Waals surface area (Å²) in [5, 5.41) is 2.94. The van der Waals surface area contributed by atoms with Crippen LogP contribution in [0.5, 0.6) is 0 Å². The van der Waals surface area contributed by atoms with Crippen LogP contribution in [0.1, 0.15) is 37.2 Å². The zero-order chi connectivity index (χ0) is 16.4. The summed E-state index contributed by atoms with van der Waals surface area (Å²) >= 11 is 0. The van der Waals surface area contributed by atoms with Crippen LogP contribution in [0.3, 0.4) is 0 Å². The smallest absolute Gasteiger partial charge is 0.319 e. The lowest BCUT2D eigenvalue weighted by Crippen LogP contribution is -2.45. The number of piperidine rings is 1. The molecule has 2 heterocycles. The van der Waals surface area contributed by atoms with Crippen LogP contribution in [0.2, 0.25) is 0 Å². The van der Waals surface area contributed by atoms with Crippen LogP contribution in [-0.4, -0.2) is 53.9 Å². The molecule has 0 bridgehead atoms. The normalized spacial score (nSPS) is 18.6. The summed E-state index contributed by atoms with van der Waals surface area (Å²) in [6.45, 7) is 1.26. The summed E-state index contributed by atoms with van der Waals surface area (Å²) in [5.74, 6) is 1.26. The number of nitrogens with one attached hydrogen (secondary N) is 1. The summed E-state index contributed by atoms with van der Waals surface area (Å²) in [7, 11) is 3.50. The van der Waals surface area contributed by atoms with Gasteiger partial charge in [0, 0.05) is 39.3 Å². The van der Waals surface area contributed by atoms with Crippen molar-refractivity contribution in [2.75, 3.05) is 32.5 Å². The van der Waals surface area contributed by atoms with Gasteiger partial charge in [-0.15, -0.1) is 0 Å². The first-order valence-corrected chi connectivity index (χ1v) is 8.27. The Morgan fingerprint density at radius 1 is 1.22 bits per heavy atom. The van der Waals surface area contributed by atoms with Crippen molar-refractivity contribution in [3.8, 4) is 0 Å². The monoisotopic (exact) mass is 316 g/mol. The van der Waals surface area contributed by atoms with Crippen LogP contribution >= 0.6 is 0 Å². The molecule has 0 radical (unpaired) electrons. The number of hydrogen-bond donors (Lipinski definition) is 1. The largest absolute Gasteiger partial charge is 0.331 e. The second kappa shape index (κ2) is 6.56. The number of carbonyl (C=O) groups excluding carboxylic acids is 2. The van der Waals surface area contributed by atoms with E-state index in [-0.39, 0.29) is 17.9 Å². The van der Waals surface area contributed by atoms with E-state index in [1.807, 2.05) is 12.1 Å². The Hall–Kier alpha value is -2.11. The molecule has 2 aliphatic rings. The Balaban J connectivity index is 1.53. The van der Waals surface area contributed by atoms with Gasteiger partial charge in [-0.3, -0.25) is 4.79 Å². The number of carbonyl (C=O) groups is 2. The third kappa shape index (κ3) is 3.81. The lowest BCUT2D eigenvalue weighted by atomic mass is 9.96. The fraction of sp³-hybridized carbons (Fsp3) is 0.588. The Labute approximate surface area is 136 Å². The van der Waals surface area contributed by atoms with Gasteiger partial charge in [-0.2, -0.15) is 0 Å². The molecule has 1 aliphatic carbocycles. The molecule has 1 saturated carbocycles. The maximum atomic E-state index is 12.4. The molecule has 124 valence electrons. The number of urea groups is 1. The summed E-state index contributed by atoms with van der Waals surface area (Å²) in [5.41, 5.74) is 1.27. The Kier molecular flexibility index (Phi) is 4.50. The molecular weight excluding hydrogens is 292 g/mol. The number of amides is 3. The van der Waals surface area contributed by atoms with Crippen molar-refractivity contribution in [2.24, 2.45) is 5.92 Å². The molecule has 2 fully saturated rings. The fourth-order valence-electron chi connectivity index (χ4n) is 3.03. The summed E-state index contributed by atoms with van der Waals surface area (Å²) in [6.07, 6.45) is 5.63. The zero-order valence-corrected chi connectivity index (χ0v) is 13.8. The minimum atomic E-state index is -0.0485. The molecule has 0 atom stereocenters. The Morgan fingerprint density at radius 3 is 2.52 bits per heavy atom. The van der Waals surface area contributed by atoms with E-state index in [1.165, 1.54) is 18.4 Å². The van der Waals surface area contributed by atoms with Gasteiger partial charge in [0.15, 0.2) is 0 Å². The van der Waals surface area contributed by atoms with E-state index in [9.17, 15) is 9.59 Å². The summed E-state index contributed by atoms with van der Waals surface area (Å²) in [6, 6.07) is 4.03. The highest BCUT2D eigenvalue weighted by Gasteiger charge is 2.28. The van der Waals surface area contributed by atoms with Crippen LogP contribution in [0.25, 0.3) is 0 Å². The third-order valence-electron chi connectivity index (χ3n) is 4.60. The highest BCUT2D eigenvalue weighted by atomic mass is 16.2. The minimum absolute atomic E-state index is 0.0161. The van der Waals surface area contributed by atoms with Crippen molar-refractivity contribution in [2.45, 2.75) is 31.6 Å². The van der Waals surface area contributed by atoms with Gasteiger partial charge in [0.2, 0.25) is 5.91 Å². The second-order valence-electron chi connectivity index (χ2n) is 6.68. The van der Waals surface area contributed by atoms with E-state index in [0.29, 0.717) is 37.7 Å². The van der Waals surface area contributed by atoms with Crippen molar-refractivity contribution in [1.82, 2.24) is 14.8 Å². The second-order valence-corrected chi connectivity index (χ2v) is 6.68. The maximum Gasteiger partial charge on any atom is 0.319 e. The molecule has 0 unspecified atom stereocenters. The van der Waals surface area contributed by atoms with E-state index in [4.69, 9.17) is 0 Å². The first kappa shape index (κ1) is 15.8. The maximum absolute atomic E-state index is 12.4. The number of nitrogens with zero attached hydrogens (tertiary/aromatic N) is 3. The molecule has 1 aromatic rings. The van der Waals surface area contributed by atoms with E-state index in [0.717, 1.165) is 0 Å². The number of anilines is 1. The van der Waals surface area contributed by atoms with Gasteiger partial charge < -0.3 is 15.1 Å². The SMILES string of the molecule is CN(C)C(=O)N1CCC(C(=O)Nc2cc(C3CC3)ccn2)CC1. The van der Waals surface area contributed by atoms with E-state index in [2.05, 4.69) is 10.3 Å². The van der Waals surface area contributed by atoms with Crippen molar-refractivity contribution in [3.05, 3.63) is 23.9 Å². The topological polar surface area (TPSA) is 65.5 Å². The van der Waals surface area contributed by atoms with Crippen molar-refractivity contribution < 1.29 is 9.59 Å². The zero-order valence-electron chi connectivity index (χ0n) is 13.8. The van der Waals surface area contributed by atoms with Crippen LogP contribution in [-0.2, 0) is 4.79 Å². The predicted octanol–water partition coefficient (Wildman–Crippen LogP) is 2.29. The number of hydrogen-bond acceptors (Lipinski definition) is 3. The van der Waals surface area contributed by atoms with Gasteiger partial charge in [0.05, 0.1) is 0 Å². The predicted molar refractivity (Wildman–Crippen MR) is 88.2 cm³/mol. The molecule has 0 aromatic carbocycles. The molecule has 3 amide bonds. The van der Waals surface area contributed by atoms with Gasteiger partial charge in [0.25, 0.3) is 0 Å². The van der Waals surface area contributed by atoms with Gasteiger partial charge in [-0.25, -0.2) is 9.78 Å². The summed E-state index contributed by atoms with van der Waals surface area (Å²) < 4.78 is 0. The fourth-order valence-corrected chi connectivity index (χ4v) is 3.03. The van der Waals surface area contributed by atoms with E-state index >= 15 is 0 Å². The molecule has 1 aromatic heterocycles. The molecule has 1 aliphatic heterocycles. The van der Waals surface area contributed by atoms with E-state index < -0.39 is 0 Å². The van der Waals surface area contributed by atoms with Crippen molar-refractivity contribution in [1.29, 1.82) is 0 Å². The van der Waals surface area contributed by atoms with Crippen molar-refractivity contribution in [3.63, 3.8) is 0 Å². The highest BCUT2D eigenvalue weighted by molar-refractivity contribution is 5.92. The number of aromatic nitrogens is 1. The van der Waals surface area contributed by atoms with Crippen LogP contribution in [0.15, 0.2) is 18.3 Å². The average Bonchev–Trinajstić information content (AvgIpc) is 3.39. The lowest BCUT2D eigenvalue weighted by Gasteiger charge is -2.32. The lowest BCUT2D eigenvalue weighted by molar-refractivity contribution is -0.121. The number of rotatable bonds is 3. The molecule has 3 rings (SSSR count). The average molecular weight is 316 g/mol. The Morgan fingerprint density at radius 2 is 1.91 bits per heavy atom. The third-order valence-corrected chi connectivity index (χ3v) is 4.60. The van der Waals surface area contributed by atoms with Crippen LogP contribution in [0.4, 0.5) is 10.6 Å². The molecule has 1 N–H and O–H groups in total. The Bertz CT molecular complexity index is 590. The van der Waals surface area contributed by atoms with E-state index in [1.54, 1.807) is 30.1 Å².